The van der Waals surface area contributed by atoms with Crippen LogP contribution in [0, 0.1) is 5.92 Å². The summed E-state index contributed by atoms with van der Waals surface area (Å²) in [5, 5.41) is 3.53. The fourth-order valence-corrected chi connectivity index (χ4v) is 2.50. The van der Waals surface area contributed by atoms with Crippen LogP contribution in [-0.4, -0.2) is 49.8 Å². The molecule has 0 aromatic rings. The predicted molar refractivity (Wildman–Crippen MR) is 66.7 cm³/mol. The molecule has 1 N–H and O–H groups in total. The van der Waals surface area contributed by atoms with Gasteiger partial charge in [0, 0.05) is 31.7 Å². The largest absolute Gasteiger partial charge is 0.378 e. The molecule has 1 saturated carbocycles. The van der Waals surface area contributed by atoms with Crippen LogP contribution in [0.2, 0.25) is 0 Å². The lowest BCUT2D eigenvalue weighted by atomic mass is 9.85. The highest BCUT2D eigenvalue weighted by Crippen LogP contribution is 2.28. The Bertz CT molecular complexity index is 204. The molecule has 0 radical (unpaired) electrons. The number of hydrogen-bond donors (Lipinski definition) is 1. The molecule has 1 aliphatic heterocycles. The third-order valence-electron chi connectivity index (χ3n) is 3.83. The summed E-state index contributed by atoms with van der Waals surface area (Å²) in [6.07, 6.45) is 4.34. The van der Waals surface area contributed by atoms with Crippen LogP contribution in [0.3, 0.4) is 0 Å². The van der Waals surface area contributed by atoms with Crippen LogP contribution in [0.25, 0.3) is 0 Å². The van der Waals surface area contributed by atoms with Gasteiger partial charge in [0.1, 0.15) is 0 Å². The van der Waals surface area contributed by atoms with Crippen LogP contribution in [-0.2, 0) is 4.74 Å². The zero-order valence-electron chi connectivity index (χ0n) is 10.7. The fourth-order valence-electron chi connectivity index (χ4n) is 2.50. The van der Waals surface area contributed by atoms with E-state index in [1.165, 1.54) is 25.8 Å². The van der Waals surface area contributed by atoms with Gasteiger partial charge < -0.3 is 10.1 Å². The summed E-state index contributed by atoms with van der Waals surface area (Å²) >= 11 is 0. The molecule has 2 fully saturated rings. The van der Waals surface area contributed by atoms with E-state index in [1.54, 1.807) is 0 Å². The van der Waals surface area contributed by atoms with Crippen molar-refractivity contribution in [1.82, 2.24) is 10.2 Å². The van der Waals surface area contributed by atoms with Crippen molar-refractivity contribution in [3.63, 3.8) is 0 Å². The Labute approximate surface area is 99.5 Å². The van der Waals surface area contributed by atoms with Crippen molar-refractivity contribution >= 4 is 0 Å². The van der Waals surface area contributed by atoms with Crippen molar-refractivity contribution in [1.29, 1.82) is 0 Å². The lowest BCUT2D eigenvalue weighted by Gasteiger charge is -2.40. The van der Waals surface area contributed by atoms with E-state index in [0.29, 0.717) is 12.1 Å². The second kappa shape index (κ2) is 5.99. The van der Waals surface area contributed by atoms with Gasteiger partial charge in [-0.05, 0) is 18.8 Å². The molecule has 16 heavy (non-hydrogen) atoms. The summed E-state index contributed by atoms with van der Waals surface area (Å²) in [4.78, 5) is 2.64. The first-order valence-corrected chi connectivity index (χ1v) is 6.81. The maximum absolute atomic E-state index is 5.60. The predicted octanol–water partition coefficient (Wildman–Crippen LogP) is 1.49. The molecule has 0 bridgehead atoms. The Morgan fingerprint density at radius 2 is 2.19 bits per heavy atom. The molecular weight excluding hydrogens is 200 g/mol. The molecule has 1 aliphatic carbocycles. The number of hydrogen-bond acceptors (Lipinski definition) is 3. The van der Waals surface area contributed by atoms with Crippen LogP contribution in [0.5, 0.6) is 0 Å². The van der Waals surface area contributed by atoms with Gasteiger partial charge in [-0.1, -0.05) is 20.3 Å². The van der Waals surface area contributed by atoms with Gasteiger partial charge in [0.15, 0.2) is 0 Å². The smallest absolute Gasteiger partial charge is 0.0634 e. The zero-order valence-corrected chi connectivity index (χ0v) is 10.7. The van der Waals surface area contributed by atoms with E-state index in [1.807, 2.05) is 0 Å². The first-order chi connectivity index (χ1) is 7.75. The van der Waals surface area contributed by atoms with Crippen LogP contribution in [0.15, 0.2) is 0 Å². The molecule has 1 atom stereocenters. The van der Waals surface area contributed by atoms with Gasteiger partial charge in [-0.3, -0.25) is 4.90 Å². The van der Waals surface area contributed by atoms with E-state index < -0.39 is 0 Å². The molecule has 1 saturated heterocycles. The second-order valence-corrected chi connectivity index (χ2v) is 5.58. The van der Waals surface area contributed by atoms with Crippen molar-refractivity contribution in [3.8, 4) is 0 Å². The molecule has 0 spiro atoms. The van der Waals surface area contributed by atoms with Crippen LogP contribution >= 0.6 is 0 Å². The molecule has 3 heteroatoms. The van der Waals surface area contributed by atoms with Crippen LogP contribution in [0.4, 0.5) is 0 Å². The molecule has 0 aromatic carbocycles. The summed E-state index contributed by atoms with van der Waals surface area (Å²) < 4.78 is 5.60. The Balaban J connectivity index is 1.76. The normalized spacial score (nSPS) is 28.3. The highest BCUT2D eigenvalue weighted by atomic mass is 16.5. The van der Waals surface area contributed by atoms with E-state index >= 15 is 0 Å². The quantitative estimate of drug-likeness (QED) is 0.768. The molecule has 0 amide bonds. The van der Waals surface area contributed by atoms with E-state index in [2.05, 4.69) is 24.1 Å². The Hall–Kier alpha value is -0.120. The molecule has 3 nitrogen and oxygen atoms in total. The van der Waals surface area contributed by atoms with Gasteiger partial charge in [0.25, 0.3) is 0 Å². The number of nitrogens with zero attached hydrogens (tertiary/aromatic N) is 1. The highest BCUT2D eigenvalue weighted by Gasteiger charge is 2.27. The monoisotopic (exact) mass is 226 g/mol. The maximum atomic E-state index is 5.60. The van der Waals surface area contributed by atoms with Crippen molar-refractivity contribution < 1.29 is 4.74 Å². The van der Waals surface area contributed by atoms with Gasteiger partial charge in [0.2, 0.25) is 0 Å². The van der Waals surface area contributed by atoms with Crippen molar-refractivity contribution in [2.75, 3.05) is 32.8 Å². The Morgan fingerprint density at radius 1 is 1.38 bits per heavy atom. The van der Waals surface area contributed by atoms with Gasteiger partial charge in [-0.2, -0.15) is 0 Å². The minimum Gasteiger partial charge on any atom is -0.378 e. The van der Waals surface area contributed by atoms with Gasteiger partial charge in [0.05, 0.1) is 13.2 Å². The van der Waals surface area contributed by atoms with Crippen LogP contribution < -0.4 is 5.32 Å². The molecule has 2 rings (SSSR count). The number of nitrogens with one attached hydrogen (secondary N) is 1. The van der Waals surface area contributed by atoms with Crippen LogP contribution in [0.1, 0.15) is 33.1 Å². The van der Waals surface area contributed by atoms with E-state index in [4.69, 9.17) is 4.74 Å². The number of rotatable bonds is 5. The summed E-state index contributed by atoms with van der Waals surface area (Å²) in [5.41, 5.74) is 0. The SMILES string of the molecule is CC(C)NCC1COCCN1CC1CCC1. The van der Waals surface area contributed by atoms with Gasteiger partial charge >= 0.3 is 0 Å². The summed E-state index contributed by atoms with van der Waals surface area (Å²) in [5.74, 6) is 0.972. The molecule has 2 aliphatic rings. The molecule has 1 unspecified atom stereocenters. The van der Waals surface area contributed by atoms with E-state index in [9.17, 15) is 0 Å². The first kappa shape index (κ1) is 12.3. The third kappa shape index (κ3) is 3.44. The summed E-state index contributed by atoms with van der Waals surface area (Å²) in [6.45, 7) is 9.75. The number of morpholine rings is 1. The average molecular weight is 226 g/mol. The molecule has 0 aromatic heterocycles. The maximum Gasteiger partial charge on any atom is 0.0634 e. The Kier molecular flexibility index (Phi) is 4.62. The first-order valence-electron chi connectivity index (χ1n) is 6.81. The second-order valence-electron chi connectivity index (χ2n) is 5.58. The third-order valence-corrected chi connectivity index (χ3v) is 3.83. The lowest BCUT2D eigenvalue weighted by Crippen LogP contribution is -2.53. The average Bonchev–Trinajstić information content (AvgIpc) is 2.22. The summed E-state index contributed by atoms with van der Waals surface area (Å²) in [7, 11) is 0. The van der Waals surface area contributed by atoms with Gasteiger partial charge in [-0.25, -0.2) is 0 Å². The lowest BCUT2D eigenvalue weighted by molar-refractivity contribution is -0.0195. The minimum absolute atomic E-state index is 0.576. The van der Waals surface area contributed by atoms with Gasteiger partial charge in [-0.15, -0.1) is 0 Å². The van der Waals surface area contributed by atoms with E-state index in [0.717, 1.165) is 32.2 Å². The Morgan fingerprint density at radius 3 is 2.81 bits per heavy atom. The van der Waals surface area contributed by atoms with Crippen molar-refractivity contribution in [3.05, 3.63) is 0 Å². The molecular formula is C13H26N2O. The molecule has 94 valence electrons. The zero-order chi connectivity index (χ0) is 11.4. The van der Waals surface area contributed by atoms with Crippen molar-refractivity contribution in [2.24, 2.45) is 5.92 Å². The standard InChI is InChI=1S/C13H26N2O/c1-11(2)14-8-13-10-16-7-6-15(13)9-12-4-3-5-12/h11-14H,3-10H2,1-2H3. The summed E-state index contributed by atoms with van der Waals surface area (Å²) in [6, 6.07) is 1.17. The van der Waals surface area contributed by atoms with E-state index in [-0.39, 0.29) is 0 Å². The number of ether oxygens (including phenoxy) is 1. The fraction of sp³-hybridized carbons (Fsp3) is 1.00. The minimum atomic E-state index is 0.576. The topological polar surface area (TPSA) is 24.5 Å². The highest BCUT2D eigenvalue weighted by molar-refractivity contribution is 4.82. The molecule has 1 heterocycles. The van der Waals surface area contributed by atoms with Crippen molar-refractivity contribution in [2.45, 2.75) is 45.2 Å².